The van der Waals surface area contributed by atoms with Crippen LogP contribution in [0, 0.1) is 5.92 Å². The number of rotatable bonds is 8. The highest BCUT2D eigenvalue weighted by atomic mass is 16.5. The summed E-state index contributed by atoms with van der Waals surface area (Å²) in [6.07, 6.45) is 0.818. The van der Waals surface area contributed by atoms with Crippen molar-refractivity contribution in [2.45, 2.75) is 12.3 Å². The monoisotopic (exact) mass is 322 g/mol. The fraction of sp³-hybridized carbons (Fsp3) is 0.588. The van der Waals surface area contributed by atoms with Crippen LogP contribution in [-0.2, 0) is 9.53 Å². The summed E-state index contributed by atoms with van der Waals surface area (Å²) in [5, 5.41) is 6.31. The molecule has 1 aromatic rings. The van der Waals surface area contributed by atoms with E-state index in [1.165, 1.54) is 0 Å². The van der Waals surface area contributed by atoms with Crippen LogP contribution >= 0.6 is 0 Å². The lowest BCUT2D eigenvalue weighted by molar-refractivity contribution is -0.124. The third kappa shape index (κ3) is 4.36. The number of methoxy groups -OCH3 is 3. The van der Waals surface area contributed by atoms with Gasteiger partial charge in [0.15, 0.2) is 0 Å². The second-order valence-corrected chi connectivity index (χ2v) is 5.62. The molecule has 2 N–H and O–H groups in total. The van der Waals surface area contributed by atoms with Gasteiger partial charge in [0.1, 0.15) is 11.5 Å². The molecule has 0 radical (unpaired) electrons. The van der Waals surface area contributed by atoms with E-state index in [1.54, 1.807) is 21.3 Å². The van der Waals surface area contributed by atoms with Crippen LogP contribution in [0.1, 0.15) is 17.9 Å². The molecule has 1 amide bonds. The molecule has 6 heteroatoms. The van der Waals surface area contributed by atoms with E-state index < -0.39 is 0 Å². The second kappa shape index (κ2) is 8.74. The predicted molar refractivity (Wildman–Crippen MR) is 88.1 cm³/mol. The van der Waals surface area contributed by atoms with Crippen molar-refractivity contribution in [1.29, 1.82) is 0 Å². The number of ether oxygens (including phenoxy) is 3. The zero-order valence-electron chi connectivity index (χ0n) is 14.1. The fourth-order valence-electron chi connectivity index (χ4n) is 2.96. The average molecular weight is 322 g/mol. The van der Waals surface area contributed by atoms with Crippen molar-refractivity contribution >= 4 is 5.91 Å². The summed E-state index contributed by atoms with van der Waals surface area (Å²) in [4.78, 5) is 12.5. The molecule has 2 unspecified atom stereocenters. The summed E-state index contributed by atoms with van der Waals surface area (Å²) in [5.41, 5.74) is 1.04. The van der Waals surface area contributed by atoms with Crippen LogP contribution in [0.15, 0.2) is 18.2 Å². The highest BCUT2D eigenvalue weighted by molar-refractivity contribution is 5.80. The van der Waals surface area contributed by atoms with E-state index >= 15 is 0 Å². The molecule has 128 valence electrons. The first-order valence-corrected chi connectivity index (χ1v) is 7.90. The molecule has 23 heavy (non-hydrogen) atoms. The first-order valence-electron chi connectivity index (χ1n) is 7.90. The first-order chi connectivity index (χ1) is 11.2. The summed E-state index contributed by atoms with van der Waals surface area (Å²) in [6, 6.07) is 5.76. The molecule has 1 aliphatic rings. The lowest BCUT2D eigenvalue weighted by Crippen LogP contribution is -2.35. The van der Waals surface area contributed by atoms with Crippen LogP contribution in [0.4, 0.5) is 0 Å². The third-order valence-corrected chi connectivity index (χ3v) is 4.22. The van der Waals surface area contributed by atoms with Gasteiger partial charge in [0, 0.05) is 45.3 Å². The van der Waals surface area contributed by atoms with E-state index in [0.717, 1.165) is 30.0 Å². The van der Waals surface area contributed by atoms with E-state index in [9.17, 15) is 4.79 Å². The Morgan fingerprint density at radius 1 is 1.26 bits per heavy atom. The zero-order chi connectivity index (χ0) is 16.7. The summed E-state index contributed by atoms with van der Waals surface area (Å²) < 4.78 is 15.7. The van der Waals surface area contributed by atoms with Crippen molar-refractivity contribution < 1.29 is 19.0 Å². The van der Waals surface area contributed by atoms with Gasteiger partial charge in [-0.2, -0.15) is 0 Å². The van der Waals surface area contributed by atoms with E-state index in [0.29, 0.717) is 19.7 Å². The van der Waals surface area contributed by atoms with Gasteiger partial charge in [-0.25, -0.2) is 0 Å². The van der Waals surface area contributed by atoms with Gasteiger partial charge in [0.25, 0.3) is 0 Å². The molecule has 2 rings (SSSR count). The number of hydrogen-bond acceptors (Lipinski definition) is 5. The maximum Gasteiger partial charge on any atom is 0.225 e. The normalized spacial score (nSPS) is 20.3. The van der Waals surface area contributed by atoms with E-state index in [2.05, 4.69) is 10.6 Å². The van der Waals surface area contributed by atoms with Crippen molar-refractivity contribution in [2.75, 3.05) is 47.6 Å². The van der Waals surface area contributed by atoms with Crippen LogP contribution in [0.5, 0.6) is 11.5 Å². The lowest BCUT2D eigenvalue weighted by atomic mass is 9.87. The molecule has 6 nitrogen and oxygen atoms in total. The molecule has 1 aromatic carbocycles. The molecule has 0 saturated carbocycles. The number of hydrogen-bond donors (Lipinski definition) is 2. The summed E-state index contributed by atoms with van der Waals surface area (Å²) in [6.45, 7) is 2.73. The highest BCUT2D eigenvalue weighted by Crippen LogP contribution is 2.36. The smallest absolute Gasteiger partial charge is 0.225 e. The van der Waals surface area contributed by atoms with Gasteiger partial charge < -0.3 is 24.8 Å². The van der Waals surface area contributed by atoms with Crippen LogP contribution in [0.2, 0.25) is 0 Å². The molecule has 1 saturated heterocycles. The Kier molecular flexibility index (Phi) is 6.67. The van der Waals surface area contributed by atoms with Crippen LogP contribution < -0.4 is 20.1 Å². The molecular weight excluding hydrogens is 296 g/mol. The Labute approximate surface area is 137 Å². The van der Waals surface area contributed by atoms with E-state index in [4.69, 9.17) is 14.2 Å². The maximum absolute atomic E-state index is 12.5. The summed E-state index contributed by atoms with van der Waals surface area (Å²) in [5.74, 6) is 1.58. The van der Waals surface area contributed by atoms with Crippen molar-refractivity contribution in [3.05, 3.63) is 23.8 Å². The van der Waals surface area contributed by atoms with Gasteiger partial charge in [0.2, 0.25) is 5.91 Å². The van der Waals surface area contributed by atoms with Crippen molar-refractivity contribution in [2.24, 2.45) is 5.92 Å². The lowest BCUT2D eigenvalue weighted by Gasteiger charge is -2.21. The molecule has 1 fully saturated rings. The predicted octanol–water partition coefficient (Wildman–Crippen LogP) is 1.16. The van der Waals surface area contributed by atoms with Crippen LogP contribution in [0.25, 0.3) is 0 Å². The number of carbonyl (C=O) groups is 1. The standard InChI is InChI=1S/C17H26N2O4/c1-21-8-4-7-19-17(20)15-11-18-10-14(15)13-6-5-12(22-2)9-16(13)23-3/h5-6,9,14-15,18H,4,7-8,10-11H2,1-3H3,(H,19,20). The van der Waals surface area contributed by atoms with Crippen LogP contribution in [-0.4, -0.2) is 53.5 Å². The Morgan fingerprint density at radius 2 is 2.09 bits per heavy atom. The van der Waals surface area contributed by atoms with Crippen molar-refractivity contribution in [3.8, 4) is 11.5 Å². The molecule has 1 heterocycles. The summed E-state index contributed by atoms with van der Waals surface area (Å²) >= 11 is 0. The van der Waals surface area contributed by atoms with Gasteiger partial charge >= 0.3 is 0 Å². The fourth-order valence-corrected chi connectivity index (χ4v) is 2.96. The van der Waals surface area contributed by atoms with Crippen molar-refractivity contribution in [3.63, 3.8) is 0 Å². The van der Waals surface area contributed by atoms with Gasteiger partial charge in [-0.3, -0.25) is 4.79 Å². The maximum atomic E-state index is 12.5. The third-order valence-electron chi connectivity index (χ3n) is 4.22. The summed E-state index contributed by atoms with van der Waals surface area (Å²) in [7, 11) is 4.93. The first kappa shape index (κ1) is 17.6. The molecule has 0 spiro atoms. The largest absolute Gasteiger partial charge is 0.497 e. The van der Waals surface area contributed by atoms with Gasteiger partial charge in [-0.05, 0) is 18.1 Å². The minimum absolute atomic E-state index is 0.0778. The molecule has 2 atom stereocenters. The molecule has 1 aliphatic heterocycles. The minimum Gasteiger partial charge on any atom is -0.497 e. The molecular formula is C17H26N2O4. The minimum atomic E-state index is -0.0974. The van der Waals surface area contributed by atoms with Gasteiger partial charge in [-0.1, -0.05) is 6.07 Å². The molecule has 0 aromatic heterocycles. The number of benzene rings is 1. The van der Waals surface area contributed by atoms with Gasteiger partial charge in [0.05, 0.1) is 20.1 Å². The van der Waals surface area contributed by atoms with E-state index in [1.807, 2.05) is 18.2 Å². The Bertz CT molecular complexity index is 521. The average Bonchev–Trinajstić information content (AvgIpc) is 3.07. The Morgan fingerprint density at radius 3 is 2.78 bits per heavy atom. The van der Waals surface area contributed by atoms with Crippen molar-refractivity contribution in [1.82, 2.24) is 10.6 Å². The molecule has 0 bridgehead atoms. The Balaban J connectivity index is 2.07. The SMILES string of the molecule is COCCCNC(=O)C1CNCC1c1ccc(OC)cc1OC. The Hall–Kier alpha value is -1.79. The number of amides is 1. The number of nitrogens with one attached hydrogen (secondary N) is 2. The highest BCUT2D eigenvalue weighted by Gasteiger charge is 2.35. The second-order valence-electron chi connectivity index (χ2n) is 5.62. The zero-order valence-corrected chi connectivity index (χ0v) is 14.1. The molecule has 0 aliphatic carbocycles. The van der Waals surface area contributed by atoms with Gasteiger partial charge in [-0.15, -0.1) is 0 Å². The van der Waals surface area contributed by atoms with Crippen LogP contribution in [0.3, 0.4) is 0 Å². The topological polar surface area (TPSA) is 68.8 Å². The van der Waals surface area contributed by atoms with E-state index in [-0.39, 0.29) is 17.7 Å². The number of carbonyl (C=O) groups excluding carboxylic acids is 1. The quantitative estimate of drug-likeness (QED) is 0.703.